The molecule has 1 fully saturated rings. The molecule has 0 aromatic heterocycles. The molecule has 0 amide bonds. The van der Waals surface area contributed by atoms with E-state index in [1.54, 1.807) is 12.1 Å². The fourth-order valence-corrected chi connectivity index (χ4v) is 3.54. The van der Waals surface area contributed by atoms with Gasteiger partial charge in [0.1, 0.15) is 5.82 Å². The van der Waals surface area contributed by atoms with Gasteiger partial charge < -0.3 is 9.47 Å². The Balaban J connectivity index is 1.82. The molecule has 140 valence electrons. The van der Waals surface area contributed by atoms with Crippen molar-refractivity contribution >= 4 is 0 Å². The van der Waals surface area contributed by atoms with Crippen LogP contribution >= 0.6 is 0 Å². The molecule has 0 radical (unpaired) electrons. The number of benzene rings is 2. The van der Waals surface area contributed by atoms with E-state index in [-0.39, 0.29) is 23.3 Å². The van der Waals surface area contributed by atoms with E-state index in [1.807, 2.05) is 0 Å². The van der Waals surface area contributed by atoms with Crippen molar-refractivity contribution in [2.24, 2.45) is 0 Å². The topological polar surface area (TPSA) is 18.5 Å². The first-order chi connectivity index (χ1) is 12.5. The van der Waals surface area contributed by atoms with Gasteiger partial charge in [-0.1, -0.05) is 25.5 Å². The van der Waals surface area contributed by atoms with Crippen LogP contribution in [-0.2, 0) is 4.74 Å². The Bertz CT molecular complexity index is 768. The second-order valence-corrected chi connectivity index (χ2v) is 6.70. The molecule has 2 aromatic rings. The Morgan fingerprint density at radius 1 is 1.08 bits per heavy atom. The van der Waals surface area contributed by atoms with Crippen molar-refractivity contribution < 1.29 is 22.6 Å². The van der Waals surface area contributed by atoms with E-state index in [1.165, 1.54) is 25.3 Å². The van der Waals surface area contributed by atoms with Crippen molar-refractivity contribution in [3.8, 4) is 16.9 Å². The van der Waals surface area contributed by atoms with E-state index >= 15 is 0 Å². The lowest BCUT2D eigenvalue weighted by atomic mass is 9.89. The number of halogens is 3. The summed E-state index contributed by atoms with van der Waals surface area (Å²) in [6.07, 6.45) is 4.14. The second kappa shape index (κ2) is 8.12. The third-order valence-electron chi connectivity index (χ3n) is 5.00. The van der Waals surface area contributed by atoms with Crippen molar-refractivity contribution in [3.63, 3.8) is 0 Å². The lowest BCUT2D eigenvalue weighted by Crippen LogP contribution is -2.25. The highest BCUT2D eigenvalue weighted by molar-refractivity contribution is 5.66. The Hall–Kier alpha value is -2.01. The van der Waals surface area contributed by atoms with E-state index in [2.05, 4.69) is 6.92 Å². The van der Waals surface area contributed by atoms with Crippen molar-refractivity contribution in [1.29, 1.82) is 0 Å². The Morgan fingerprint density at radius 2 is 1.88 bits per heavy atom. The summed E-state index contributed by atoms with van der Waals surface area (Å²) >= 11 is 0. The summed E-state index contributed by atoms with van der Waals surface area (Å²) < 4.78 is 53.4. The van der Waals surface area contributed by atoms with Gasteiger partial charge >= 0.3 is 0 Å². The van der Waals surface area contributed by atoms with Crippen LogP contribution in [0.5, 0.6) is 5.75 Å². The summed E-state index contributed by atoms with van der Waals surface area (Å²) in [6.45, 7) is 2.61. The summed E-state index contributed by atoms with van der Waals surface area (Å²) in [5, 5.41) is 0. The fraction of sp³-hybridized carbons (Fsp3) is 0.429. The molecule has 2 unspecified atom stereocenters. The minimum atomic E-state index is -1.07. The number of methoxy groups -OCH3 is 1. The molecule has 5 heteroatoms. The molecule has 0 spiro atoms. The van der Waals surface area contributed by atoms with Crippen LogP contribution in [0.1, 0.15) is 44.1 Å². The molecule has 2 atom stereocenters. The molecule has 1 heterocycles. The maximum atomic E-state index is 14.6. The Labute approximate surface area is 151 Å². The van der Waals surface area contributed by atoms with Crippen molar-refractivity contribution in [3.05, 3.63) is 53.3 Å². The highest BCUT2D eigenvalue weighted by atomic mass is 19.2. The predicted molar refractivity (Wildman–Crippen MR) is 94.9 cm³/mol. The number of hydrogen-bond acceptors (Lipinski definition) is 2. The maximum absolute atomic E-state index is 14.6. The van der Waals surface area contributed by atoms with Crippen LogP contribution in [0.3, 0.4) is 0 Å². The van der Waals surface area contributed by atoms with Crippen LogP contribution in [-0.4, -0.2) is 19.8 Å². The molecular weight excluding hydrogens is 341 g/mol. The van der Waals surface area contributed by atoms with Crippen molar-refractivity contribution in [2.75, 3.05) is 13.7 Å². The van der Waals surface area contributed by atoms with Crippen LogP contribution < -0.4 is 4.74 Å². The summed E-state index contributed by atoms with van der Waals surface area (Å²) in [6, 6.07) is 7.27. The molecule has 0 saturated carbocycles. The minimum absolute atomic E-state index is 0.00499. The lowest BCUT2D eigenvalue weighted by Gasteiger charge is -2.29. The molecule has 0 bridgehead atoms. The summed E-state index contributed by atoms with van der Waals surface area (Å²) in [5.74, 6) is -2.71. The second-order valence-electron chi connectivity index (χ2n) is 6.70. The van der Waals surface area contributed by atoms with Gasteiger partial charge in [-0.05, 0) is 48.6 Å². The number of hydrogen-bond donors (Lipinski definition) is 0. The third-order valence-corrected chi connectivity index (χ3v) is 5.00. The van der Waals surface area contributed by atoms with Crippen LogP contribution in [0, 0.1) is 17.5 Å². The zero-order chi connectivity index (χ0) is 18.7. The van der Waals surface area contributed by atoms with Crippen molar-refractivity contribution in [2.45, 2.75) is 44.6 Å². The molecule has 0 N–H and O–H groups in total. The largest absolute Gasteiger partial charge is 0.494 e. The monoisotopic (exact) mass is 364 g/mol. The minimum Gasteiger partial charge on any atom is -0.494 e. The van der Waals surface area contributed by atoms with Crippen LogP contribution in [0.15, 0.2) is 30.3 Å². The normalized spacial score (nSPS) is 20.2. The average molecular weight is 364 g/mol. The van der Waals surface area contributed by atoms with E-state index in [0.717, 1.165) is 25.7 Å². The lowest BCUT2D eigenvalue weighted by molar-refractivity contribution is -0.00172. The fourth-order valence-electron chi connectivity index (χ4n) is 3.54. The van der Waals surface area contributed by atoms with Gasteiger partial charge in [-0.25, -0.2) is 8.78 Å². The summed E-state index contributed by atoms with van der Waals surface area (Å²) in [4.78, 5) is 0. The first-order valence-electron chi connectivity index (χ1n) is 8.98. The van der Waals surface area contributed by atoms with E-state index < -0.39 is 17.5 Å². The SMILES string of the molecule is CCCC1CCC(c2ccc(-c3ccc(OC)c(F)c3F)cc2F)CO1. The Morgan fingerprint density at radius 3 is 2.50 bits per heavy atom. The quantitative estimate of drug-likeness (QED) is 0.663. The molecule has 0 aliphatic carbocycles. The number of ether oxygens (including phenoxy) is 2. The average Bonchev–Trinajstić information content (AvgIpc) is 2.65. The highest BCUT2D eigenvalue weighted by Crippen LogP contribution is 2.35. The molecule has 2 aromatic carbocycles. The van der Waals surface area contributed by atoms with E-state index in [0.29, 0.717) is 17.7 Å². The van der Waals surface area contributed by atoms with Gasteiger partial charge in [0.2, 0.25) is 5.82 Å². The maximum Gasteiger partial charge on any atom is 0.201 e. The molecular formula is C21H23F3O2. The van der Waals surface area contributed by atoms with Gasteiger partial charge in [-0.3, -0.25) is 0 Å². The van der Waals surface area contributed by atoms with Gasteiger partial charge in [0.05, 0.1) is 19.8 Å². The molecule has 3 rings (SSSR count). The van der Waals surface area contributed by atoms with Crippen LogP contribution in [0.25, 0.3) is 11.1 Å². The third kappa shape index (κ3) is 3.73. The van der Waals surface area contributed by atoms with E-state index in [4.69, 9.17) is 9.47 Å². The van der Waals surface area contributed by atoms with Crippen LogP contribution in [0.4, 0.5) is 13.2 Å². The Kier molecular flexibility index (Phi) is 5.87. The number of rotatable bonds is 5. The van der Waals surface area contributed by atoms with Gasteiger partial charge in [-0.2, -0.15) is 4.39 Å². The highest BCUT2D eigenvalue weighted by Gasteiger charge is 2.25. The standard InChI is InChI=1S/C21H23F3O2/c1-3-4-15-7-5-14(12-26-15)16-8-6-13(11-18(16)22)17-9-10-19(25-2)21(24)20(17)23/h6,8-11,14-15H,3-5,7,12H2,1-2H3. The van der Waals surface area contributed by atoms with E-state index in [9.17, 15) is 13.2 Å². The molecule has 1 saturated heterocycles. The van der Waals surface area contributed by atoms with Crippen molar-refractivity contribution in [1.82, 2.24) is 0 Å². The zero-order valence-corrected chi connectivity index (χ0v) is 15.0. The molecule has 1 aliphatic heterocycles. The molecule has 1 aliphatic rings. The molecule has 26 heavy (non-hydrogen) atoms. The van der Waals surface area contributed by atoms with Crippen LogP contribution in [0.2, 0.25) is 0 Å². The summed E-state index contributed by atoms with van der Waals surface area (Å²) in [7, 11) is 1.27. The summed E-state index contributed by atoms with van der Waals surface area (Å²) in [5.41, 5.74) is 0.876. The molecule has 2 nitrogen and oxygen atoms in total. The predicted octanol–water partition coefficient (Wildman–Crippen LogP) is 5.84. The van der Waals surface area contributed by atoms with Gasteiger partial charge in [0.25, 0.3) is 0 Å². The van der Waals surface area contributed by atoms with Gasteiger partial charge in [-0.15, -0.1) is 0 Å². The van der Waals surface area contributed by atoms with Gasteiger partial charge in [0, 0.05) is 11.5 Å². The smallest absolute Gasteiger partial charge is 0.201 e. The first-order valence-corrected chi connectivity index (χ1v) is 8.98. The first kappa shape index (κ1) is 18.8. The van der Waals surface area contributed by atoms with Gasteiger partial charge in [0.15, 0.2) is 11.6 Å². The zero-order valence-electron chi connectivity index (χ0n) is 15.0.